The molecule has 0 aliphatic carbocycles. The van der Waals surface area contributed by atoms with Crippen molar-refractivity contribution in [1.82, 2.24) is 0 Å². The molecule has 0 fully saturated rings. The summed E-state index contributed by atoms with van der Waals surface area (Å²) in [5, 5.41) is 8.39. The van der Waals surface area contributed by atoms with E-state index >= 15 is 0 Å². The standard InChI is InChI=1S/C10H9F2N/c1-2-3-7-4-9(11)8(6-13)10(12)5-7/h4-5H,2-3H2,1H3. The third-order valence-electron chi connectivity index (χ3n) is 1.75. The molecule has 0 atom stereocenters. The lowest BCUT2D eigenvalue weighted by Gasteiger charge is -2.01. The average Bonchev–Trinajstić information content (AvgIpc) is 2.04. The van der Waals surface area contributed by atoms with Crippen LogP contribution in [0.4, 0.5) is 8.78 Å². The number of nitriles is 1. The molecule has 0 saturated heterocycles. The van der Waals surface area contributed by atoms with Crippen LogP contribution in [0.5, 0.6) is 0 Å². The van der Waals surface area contributed by atoms with Crippen LogP contribution in [0.3, 0.4) is 0 Å². The number of halogens is 2. The van der Waals surface area contributed by atoms with Gasteiger partial charge in [0.2, 0.25) is 0 Å². The molecule has 3 heteroatoms. The van der Waals surface area contributed by atoms with E-state index in [0.29, 0.717) is 12.0 Å². The summed E-state index contributed by atoms with van der Waals surface area (Å²) in [6.45, 7) is 1.92. The van der Waals surface area contributed by atoms with Crippen LogP contribution in [-0.2, 0) is 6.42 Å². The molecular weight excluding hydrogens is 172 g/mol. The predicted octanol–water partition coefficient (Wildman–Crippen LogP) is 2.79. The average molecular weight is 181 g/mol. The van der Waals surface area contributed by atoms with Gasteiger partial charge >= 0.3 is 0 Å². The Bertz CT molecular complexity index is 329. The minimum absolute atomic E-state index is 0.500. The first-order valence-corrected chi connectivity index (χ1v) is 4.07. The first kappa shape index (κ1) is 9.66. The highest BCUT2D eigenvalue weighted by atomic mass is 19.1. The van der Waals surface area contributed by atoms with E-state index in [1.807, 2.05) is 6.92 Å². The smallest absolute Gasteiger partial charge is 0.144 e. The molecule has 1 nitrogen and oxygen atoms in total. The van der Waals surface area contributed by atoms with Gasteiger partial charge < -0.3 is 0 Å². The molecule has 0 radical (unpaired) electrons. The van der Waals surface area contributed by atoms with E-state index < -0.39 is 17.2 Å². The molecule has 0 aliphatic heterocycles. The van der Waals surface area contributed by atoms with E-state index in [1.54, 1.807) is 0 Å². The van der Waals surface area contributed by atoms with Gasteiger partial charge in [-0.2, -0.15) is 5.26 Å². The van der Waals surface area contributed by atoms with Crippen molar-refractivity contribution in [2.45, 2.75) is 19.8 Å². The lowest BCUT2D eigenvalue weighted by Crippen LogP contribution is -1.94. The zero-order chi connectivity index (χ0) is 9.84. The van der Waals surface area contributed by atoms with Gasteiger partial charge in [0.1, 0.15) is 23.3 Å². The van der Waals surface area contributed by atoms with Crippen molar-refractivity contribution in [3.8, 4) is 6.07 Å². The first-order valence-electron chi connectivity index (χ1n) is 4.07. The molecule has 1 aromatic carbocycles. The SMILES string of the molecule is CCCc1cc(F)c(C#N)c(F)c1. The van der Waals surface area contributed by atoms with E-state index in [1.165, 1.54) is 18.2 Å². The molecule has 0 unspecified atom stereocenters. The van der Waals surface area contributed by atoms with Crippen LogP contribution in [0, 0.1) is 23.0 Å². The molecule has 0 heterocycles. The molecule has 0 N–H and O–H groups in total. The summed E-state index contributed by atoms with van der Waals surface area (Å²) in [6, 6.07) is 3.91. The van der Waals surface area contributed by atoms with E-state index in [2.05, 4.69) is 0 Å². The second-order valence-corrected chi connectivity index (χ2v) is 2.80. The summed E-state index contributed by atoms with van der Waals surface area (Å²) < 4.78 is 25.9. The number of nitrogens with zero attached hydrogens (tertiary/aromatic N) is 1. The maximum absolute atomic E-state index is 13.0. The molecule has 0 saturated carbocycles. The summed E-state index contributed by atoms with van der Waals surface area (Å²) in [5.74, 6) is -1.54. The highest BCUT2D eigenvalue weighted by Gasteiger charge is 2.09. The van der Waals surface area contributed by atoms with Gasteiger partial charge in [-0.3, -0.25) is 0 Å². The third kappa shape index (κ3) is 2.03. The Hall–Kier alpha value is -1.43. The van der Waals surface area contributed by atoms with Crippen molar-refractivity contribution in [2.75, 3.05) is 0 Å². The summed E-state index contributed by atoms with van der Waals surface area (Å²) in [4.78, 5) is 0. The van der Waals surface area contributed by atoms with Gasteiger partial charge in [0.05, 0.1) is 0 Å². The van der Waals surface area contributed by atoms with Crippen LogP contribution in [0.1, 0.15) is 24.5 Å². The Balaban J connectivity index is 3.14. The van der Waals surface area contributed by atoms with Crippen LogP contribution in [0.2, 0.25) is 0 Å². The molecule has 0 aliphatic rings. The predicted molar refractivity (Wildman–Crippen MR) is 45.1 cm³/mol. The van der Waals surface area contributed by atoms with Gasteiger partial charge in [0, 0.05) is 0 Å². The normalized spacial score (nSPS) is 9.69. The Morgan fingerprint density at radius 2 is 1.85 bits per heavy atom. The van der Waals surface area contributed by atoms with Gasteiger partial charge in [0.15, 0.2) is 0 Å². The number of rotatable bonds is 2. The Morgan fingerprint density at radius 3 is 2.23 bits per heavy atom. The topological polar surface area (TPSA) is 23.8 Å². The van der Waals surface area contributed by atoms with Crippen LogP contribution < -0.4 is 0 Å². The zero-order valence-corrected chi connectivity index (χ0v) is 7.27. The van der Waals surface area contributed by atoms with Crippen molar-refractivity contribution in [3.63, 3.8) is 0 Å². The second-order valence-electron chi connectivity index (χ2n) is 2.80. The van der Waals surface area contributed by atoms with Gasteiger partial charge in [-0.25, -0.2) is 8.78 Å². The lowest BCUT2D eigenvalue weighted by atomic mass is 10.1. The zero-order valence-electron chi connectivity index (χ0n) is 7.27. The van der Waals surface area contributed by atoms with E-state index in [-0.39, 0.29) is 0 Å². The van der Waals surface area contributed by atoms with Crippen molar-refractivity contribution >= 4 is 0 Å². The van der Waals surface area contributed by atoms with Crippen molar-refractivity contribution in [1.29, 1.82) is 5.26 Å². The fourth-order valence-electron chi connectivity index (χ4n) is 1.17. The van der Waals surface area contributed by atoms with Crippen LogP contribution in [-0.4, -0.2) is 0 Å². The molecule has 13 heavy (non-hydrogen) atoms. The van der Waals surface area contributed by atoms with Gasteiger partial charge in [-0.15, -0.1) is 0 Å². The number of hydrogen-bond donors (Lipinski definition) is 0. The quantitative estimate of drug-likeness (QED) is 0.688. The maximum Gasteiger partial charge on any atom is 0.144 e. The number of benzene rings is 1. The highest BCUT2D eigenvalue weighted by molar-refractivity contribution is 5.35. The summed E-state index contributed by atoms with van der Waals surface area (Å²) in [6.07, 6.45) is 1.45. The molecule has 0 amide bonds. The molecule has 1 rings (SSSR count). The minimum Gasteiger partial charge on any atom is -0.205 e. The molecular formula is C10H9F2N. The van der Waals surface area contributed by atoms with Gasteiger partial charge in [-0.1, -0.05) is 13.3 Å². The monoisotopic (exact) mass is 181 g/mol. The Kier molecular flexibility index (Phi) is 2.97. The largest absolute Gasteiger partial charge is 0.205 e. The van der Waals surface area contributed by atoms with E-state index in [9.17, 15) is 8.78 Å². The fraction of sp³-hybridized carbons (Fsp3) is 0.300. The highest BCUT2D eigenvalue weighted by Crippen LogP contribution is 2.15. The molecule has 0 bridgehead atoms. The summed E-state index contributed by atoms with van der Waals surface area (Å²) in [7, 11) is 0. The Morgan fingerprint density at radius 1 is 1.31 bits per heavy atom. The van der Waals surface area contributed by atoms with E-state index in [0.717, 1.165) is 6.42 Å². The van der Waals surface area contributed by atoms with Gasteiger partial charge in [-0.05, 0) is 24.1 Å². The second kappa shape index (κ2) is 3.99. The summed E-state index contributed by atoms with van der Waals surface area (Å²) in [5.41, 5.74) is 0.0938. The molecule has 0 spiro atoms. The van der Waals surface area contributed by atoms with Crippen LogP contribution >= 0.6 is 0 Å². The molecule has 1 aromatic rings. The van der Waals surface area contributed by atoms with Crippen molar-refractivity contribution in [2.24, 2.45) is 0 Å². The minimum atomic E-state index is -0.772. The fourth-order valence-corrected chi connectivity index (χ4v) is 1.17. The maximum atomic E-state index is 13.0. The lowest BCUT2D eigenvalue weighted by molar-refractivity contribution is 0.573. The number of aryl methyl sites for hydroxylation is 1. The first-order chi connectivity index (χ1) is 6.19. The van der Waals surface area contributed by atoms with E-state index in [4.69, 9.17) is 5.26 Å². The Labute approximate surface area is 75.6 Å². The number of hydrogen-bond acceptors (Lipinski definition) is 1. The van der Waals surface area contributed by atoms with Gasteiger partial charge in [0.25, 0.3) is 0 Å². The molecule has 68 valence electrons. The molecule has 0 aromatic heterocycles. The van der Waals surface area contributed by atoms with Crippen molar-refractivity contribution in [3.05, 3.63) is 34.9 Å². The summed E-state index contributed by atoms with van der Waals surface area (Å²) >= 11 is 0. The van der Waals surface area contributed by atoms with Crippen LogP contribution in [0.15, 0.2) is 12.1 Å². The van der Waals surface area contributed by atoms with Crippen LogP contribution in [0.25, 0.3) is 0 Å². The third-order valence-corrected chi connectivity index (χ3v) is 1.75. The van der Waals surface area contributed by atoms with Crippen molar-refractivity contribution < 1.29 is 8.78 Å².